The third kappa shape index (κ3) is 3.21. The fourth-order valence-corrected chi connectivity index (χ4v) is 5.12. The summed E-state index contributed by atoms with van der Waals surface area (Å²) in [5.41, 5.74) is 3.13. The first-order chi connectivity index (χ1) is 17.3. The number of amides is 3. The molecular formula is C26H22N4O6. The van der Waals surface area contributed by atoms with Crippen LogP contribution in [0.3, 0.4) is 0 Å². The second-order valence-electron chi connectivity index (χ2n) is 9.21. The number of rotatable bonds is 5. The SMILES string of the molecule is COc1ccc2c(c1)C(=O)N(C[C@@]1(c3cc4nc(-c5c(C)noc5C)ccc4o3)CC(=O)NC1=O)C2. The van der Waals surface area contributed by atoms with E-state index in [1.54, 1.807) is 35.2 Å². The van der Waals surface area contributed by atoms with Crippen molar-refractivity contribution in [2.75, 3.05) is 13.7 Å². The molecule has 1 saturated heterocycles. The zero-order chi connectivity index (χ0) is 25.2. The van der Waals surface area contributed by atoms with Gasteiger partial charge in [-0.25, -0.2) is 4.98 Å². The Kier molecular flexibility index (Phi) is 4.75. The van der Waals surface area contributed by atoms with Crippen LogP contribution in [0, 0.1) is 13.8 Å². The standard InChI is InChI=1S/C26H22N4O6/c1-13-23(14(2)36-29-13)18-6-7-20-19(27-18)9-21(35-20)26(10-22(31)28-25(26)33)12-30-11-15-4-5-16(34-3)8-17(15)24(30)32/h4-9H,10-12H2,1-3H3,(H,28,31,33)/t26-/m1/s1. The van der Waals surface area contributed by atoms with Gasteiger partial charge in [0.25, 0.3) is 5.91 Å². The molecule has 6 rings (SSSR count). The normalized spacial score (nSPS) is 19.3. The number of hydrogen-bond donors (Lipinski definition) is 1. The van der Waals surface area contributed by atoms with Gasteiger partial charge in [0.05, 0.1) is 30.5 Å². The van der Waals surface area contributed by atoms with Crippen LogP contribution in [0.1, 0.15) is 39.6 Å². The fraction of sp³-hybridized carbons (Fsp3) is 0.269. The number of carbonyl (C=O) groups excluding carboxylic acids is 3. The van der Waals surface area contributed by atoms with E-state index < -0.39 is 17.2 Å². The maximum atomic E-state index is 13.2. The number of fused-ring (bicyclic) bond motifs is 2. The van der Waals surface area contributed by atoms with Crippen LogP contribution in [0.25, 0.3) is 22.4 Å². The zero-order valence-electron chi connectivity index (χ0n) is 19.9. The number of furan rings is 1. The Morgan fingerprint density at radius 1 is 1.14 bits per heavy atom. The Morgan fingerprint density at radius 2 is 1.97 bits per heavy atom. The van der Waals surface area contributed by atoms with Crippen molar-refractivity contribution in [2.24, 2.45) is 0 Å². The quantitative estimate of drug-likeness (QED) is 0.427. The van der Waals surface area contributed by atoms with Crippen LogP contribution in [0.15, 0.2) is 45.3 Å². The third-order valence-corrected chi connectivity index (χ3v) is 6.94. The molecule has 10 heteroatoms. The molecule has 2 aliphatic rings. The van der Waals surface area contributed by atoms with Gasteiger partial charge in [-0.3, -0.25) is 19.7 Å². The molecule has 5 heterocycles. The average molecular weight is 486 g/mol. The van der Waals surface area contributed by atoms with Gasteiger partial charge in [-0.1, -0.05) is 11.2 Å². The predicted octanol–water partition coefficient (Wildman–Crippen LogP) is 3.05. The Hall–Kier alpha value is -4.47. The van der Waals surface area contributed by atoms with Crippen LogP contribution >= 0.6 is 0 Å². The van der Waals surface area contributed by atoms with Crippen LogP contribution in [-0.2, 0) is 21.5 Å². The Morgan fingerprint density at radius 3 is 2.67 bits per heavy atom. The van der Waals surface area contributed by atoms with Gasteiger partial charge < -0.3 is 18.6 Å². The smallest absolute Gasteiger partial charge is 0.254 e. The topological polar surface area (TPSA) is 128 Å². The van der Waals surface area contributed by atoms with Crippen molar-refractivity contribution in [1.82, 2.24) is 20.4 Å². The van der Waals surface area contributed by atoms with E-state index >= 15 is 0 Å². The number of pyridine rings is 1. The van der Waals surface area contributed by atoms with E-state index in [2.05, 4.69) is 10.5 Å². The number of nitrogens with zero attached hydrogens (tertiary/aromatic N) is 3. The second kappa shape index (κ2) is 7.77. The number of aromatic nitrogens is 2. The van der Waals surface area contributed by atoms with Gasteiger partial charge in [-0.05, 0) is 43.7 Å². The first-order valence-electron chi connectivity index (χ1n) is 11.4. The second-order valence-corrected chi connectivity index (χ2v) is 9.21. The van der Waals surface area contributed by atoms with Gasteiger partial charge in [0, 0.05) is 24.7 Å². The lowest BCUT2D eigenvalue weighted by atomic mass is 9.82. The lowest BCUT2D eigenvalue weighted by Gasteiger charge is -2.28. The summed E-state index contributed by atoms with van der Waals surface area (Å²) in [5.74, 6) is 0.347. The van der Waals surface area contributed by atoms with Crippen molar-refractivity contribution in [3.63, 3.8) is 0 Å². The lowest BCUT2D eigenvalue weighted by Crippen LogP contribution is -2.46. The number of aryl methyl sites for hydroxylation is 2. The molecule has 0 saturated carbocycles. The van der Waals surface area contributed by atoms with E-state index in [-0.39, 0.29) is 24.6 Å². The van der Waals surface area contributed by atoms with E-state index in [1.807, 2.05) is 19.9 Å². The summed E-state index contributed by atoms with van der Waals surface area (Å²) in [6, 6.07) is 10.5. The van der Waals surface area contributed by atoms with E-state index in [0.717, 1.165) is 11.1 Å². The molecule has 2 aliphatic heterocycles. The number of methoxy groups -OCH3 is 1. The Balaban J connectivity index is 1.40. The van der Waals surface area contributed by atoms with Crippen LogP contribution in [0.5, 0.6) is 5.75 Å². The summed E-state index contributed by atoms with van der Waals surface area (Å²) in [4.78, 5) is 45.1. The Labute approximate surface area is 205 Å². The van der Waals surface area contributed by atoms with E-state index in [9.17, 15) is 14.4 Å². The van der Waals surface area contributed by atoms with Crippen LogP contribution in [-0.4, -0.2) is 46.4 Å². The van der Waals surface area contributed by atoms with Crippen molar-refractivity contribution in [3.05, 3.63) is 64.7 Å². The summed E-state index contributed by atoms with van der Waals surface area (Å²) < 4.78 is 16.6. The molecule has 0 radical (unpaired) electrons. The molecule has 182 valence electrons. The molecule has 4 aromatic rings. The van der Waals surface area contributed by atoms with Gasteiger partial charge in [-0.15, -0.1) is 0 Å². The molecule has 3 amide bonds. The van der Waals surface area contributed by atoms with Crippen molar-refractivity contribution < 1.29 is 28.1 Å². The van der Waals surface area contributed by atoms with Gasteiger partial charge in [0.15, 0.2) is 5.58 Å². The highest BCUT2D eigenvalue weighted by molar-refractivity contribution is 6.10. The number of hydrogen-bond acceptors (Lipinski definition) is 8. The molecule has 1 atom stereocenters. The maximum absolute atomic E-state index is 13.2. The number of imide groups is 1. The van der Waals surface area contributed by atoms with Crippen LogP contribution in [0.4, 0.5) is 0 Å². The molecule has 0 bridgehead atoms. The van der Waals surface area contributed by atoms with Crippen molar-refractivity contribution in [3.8, 4) is 17.0 Å². The first-order valence-corrected chi connectivity index (χ1v) is 11.4. The van der Waals surface area contributed by atoms with Gasteiger partial charge in [0.2, 0.25) is 11.8 Å². The summed E-state index contributed by atoms with van der Waals surface area (Å²) >= 11 is 0. The van der Waals surface area contributed by atoms with E-state index in [1.165, 1.54) is 7.11 Å². The first kappa shape index (κ1) is 22.0. The fourth-order valence-electron chi connectivity index (χ4n) is 5.12. The summed E-state index contributed by atoms with van der Waals surface area (Å²) in [6.07, 6.45) is -0.133. The Bertz CT molecular complexity index is 1570. The average Bonchev–Trinajstić information content (AvgIpc) is 3.59. The van der Waals surface area contributed by atoms with E-state index in [0.29, 0.717) is 46.1 Å². The molecule has 1 N–H and O–H groups in total. The highest BCUT2D eigenvalue weighted by Gasteiger charge is 2.53. The molecule has 0 aliphatic carbocycles. The molecule has 3 aromatic heterocycles. The number of nitrogens with one attached hydrogen (secondary N) is 1. The van der Waals surface area contributed by atoms with Gasteiger partial charge in [-0.2, -0.15) is 0 Å². The lowest BCUT2D eigenvalue weighted by molar-refractivity contribution is -0.127. The maximum Gasteiger partial charge on any atom is 0.254 e. The largest absolute Gasteiger partial charge is 0.497 e. The number of carbonyl (C=O) groups is 3. The molecule has 10 nitrogen and oxygen atoms in total. The minimum absolute atomic E-state index is 0.0169. The highest BCUT2D eigenvalue weighted by Crippen LogP contribution is 2.39. The minimum atomic E-state index is -1.37. The van der Waals surface area contributed by atoms with Crippen molar-refractivity contribution >= 4 is 28.8 Å². The number of ether oxygens (including phenoxy) is 1. The highest BCUT2D eigenvalue weighted by atomic mass is 16.5. The predicted molar refractivity (Wildman–Crippen MR) is 126 cm³/mol. The van der Waals surface area contributed by atoms with Gasteiger partial charge >= 0.3 is 0 Å². The summed E-state index contributed by atoms with van der Waals surface area (Å²) in [7, 11) is 1.54. The van der Waals surface area contributed by atoms with E-state index in [4.69, 9.17) is 18.7 Å². The number of benzene rings is 1. The molecule has 0 unspecified atom stereocenters. The van der Waals surface area contributed by atoms with Crippen molar-refractivity contribution in [1.29, 1.82) is 0 Å². The van der Waals surface area contributed by atoms with Gasteiger partial charge in [0.1, 0.15) is 28.2 Å². The van der Waals surface area contributed by atoms with Crippen molar-refractivity contribution in [2.45, 2.75) is 32.2 Å². The molecule has 36 heavy (non-hydrogen) atoms. The molecule has 1 aromatic carbocycles. The molecule has 1 fully saturated rings. The monoisotopic (exact) mass is 486 g/mol. The molecular weight excluding hydrogens is 464 g/mol. The summed E-state index contributed by atoms with van der Waals surface area (Å²) in [5, 5.41) is 6.38. The summed E-state index contributed by atoms with van der Waals surface area (Å²) in [6.45, 7) is 3.95. The van der Waals surface area contributed by atoms with Crippen LogP contribution < -0.4 is 10.1 Å². The molecule has 0 spiro atoms. The third-order valence-electron chi connectivity index (χ3n) is 6.94. The zero-order valence-corrected chi connectivity index (χ0v) is 19.9. The minimum Gasteiger partial charge on any atom is -0.497 e. The van der Waals surface area contributed by atoms with Crippen LogP contribution in [0.2, 0.25) is 0 Å².